The van der Waals surface area contributed by atoms with E-state index in [1.807, 2.05) is 42.5 Å². The van der Waals surface area contributed by atoms with E-state index in [9.17, 15) is 9.59 Å². The molecule has 1 aliphatic rings. The van der Waals surface area contributed by atoms with Crippen LogP contribution in [0.3, 0.4) is 0 Å². The Balaban J connectivity index is 1.55. The monoisotopic (exact) mass is 381 g/mol. The fourth-order valence-electron chi connectivity index (χ4n) is 3.59. The third kappa shape index (κ3) is 5.81. The number of aromatic nitrogens is 1. The highest BCUT2D eigenvalue weighted by atomic mass is 16.5. The Morgan fingerprint density at radius 3 is 2.71 bits per heavy atom. The third-order valence-corrected chi connectivity index (χ3v) is 4.99. The minimum Gasteiger partial charge on any atom is -0.487 e. The lowest BCUT2D eigenvalue weighted by atomic mass is 9.97. The second-order valence-corrected chi connectivity index (χ2v) is 7.20. The van der Waals surface area contributed by atoms with Gasteiger partial charge >= 0.3 is 0 Å². The van der Waals surface area contributed by atoms with E-state index in [2.05, 4.69) is 15.6 Å². The number of rotatable bonds is 8. The molecule has 1 aromatic heterocycles. The van der Waals surface area contributed by atoms with Crippen molar-refractivity contribution in [1.29, 1.82) is 0 Å². The first-order valence-corrected chi connectivity index (χ1v) is 9.78. The van der Waals surface area contributed by atoms with E-state index in [0.717, 1.165) is 42.7 Å². The molecule has 2 aromatic rings. The van der Waals surface area contributed by atoms with Gasteiger partial charge in [0.15, 0.2) is 0 Å². The number of ether oxygens (including phenoxy) is 1. The molecule has 1 saturated carbocycles. The normalized spacial score (nSPS) is 15.0. The van der Waals surface area contributed by atoms with E-state index in [0.29, 0.717) is 13.2 Å². The van der Waals surface area contributed by atoms with Crippen LogP contribution in [-0.4, -0.2) is 22.8 Å². The van der Waals surface area contributed by atoms with Gasteiger partial charge in [0, 0.05) is 19.7 Å². The lowest BCUT2D eigenvalue weighted by molar-refractivity contribution is -0.129. The minimum atomic E-state index is -0.455. The summed E-state index contributed by atoms with van der Waals surface area (Å²) in [5, 5.41) is 5.79. The van der Waals surface area contributed by atoms with Gasteiger partial charge in [0.2, 0.25) is 11.8 Å². The lowest BCUT2D eigenvalue weighted by Gasteiger charge is -2.23. The molecule has 1 heterocycles. The molecule has 3 rings (SSSR count). The number of hydrogen-bond donors (Lipinski definition) is 2. The van der Waals surface area contributed by atoms with Gasteiger partial charge in [-0.15, -0.1) is 0 Å². The van der Waals surface area contributed by atoms with Gasteiger partial charge in [0.25, 0.3) is 0 Å². The lowest BCUT2D eigenvalue weighted by Crippen LogP contribution is -2.49. The predicted octanol–water partition coefficient (Wildman–Crippen LogP) is 2.97. The molecule has 2 amide bonds. The summed E-state index contributed by atoms with van der Waals surface area (Å²) >= 11 is 0. The van der Waals surface area contributed by atoms with Crippen molar-refractivity contribution in [3.63, 3.8) is 0 Å². The first-order chi connectivity index (χ1) is 13.6. The number of nitrogens with zero attached hydrogens (tertiary/aromatic N) is 1. The zero-order valence-corrected chi connectivity index (χ0v) is 16.2. The number of carbonyl (C=O) groups excluding carboxylic acids is 2. The van der Waals surface area contributed by atoms with Gasteiger partial charge in [-0.1, -0.05) is 31.0 Å². The zero-order chi connectivity index (χ0) is 19.8. The van der Waals surface area contributed by atoms with Crippen molar-refractivity contribution >= 4 is 11.8 Å². The molecule has 1 atom stereocenters. The van der Waals surface area contributed by atoms with Gasteiger partial charge in [-0.05, 0) is 48.6 Å². The highest BCUT2D eigenvalue weighted by Crippen LogP contribution is 2.28. The second-order valence-electron chi connectivity index (χ2n) is 7.20. The molecule has 6 nitrogen and oxygen atoms in total. The summed E-state index contributed by atoms with van der Waals surface area (Å²) in [7, 11) is 0. The SMILES string of the molecule is CC(=O)NC(C(=O)NCc1cccc(OCc2ccccn2)c1)C1CCCC1. The zero-order valence-electron chi connectivity index (χ0n) is 16.2. The van der Waals surface area contributed by atoms with E-state index < -0.39 is 6.04 Å². The van der Waals surface area contributed by atoms with Crippen molar-refractivity contribution in [2.75, 3.05) is 0 Å². The van der Waals surface area contributed by atoms with Crippen molar-refractivity contribution in [1.82, 2.24) is 15.6 Å². The minimum absolute atomic E-state index is 0.123. The summed E-state index contributed by atoms with van der Waals surface area (Å²) in [5.41, 5.74) is 1.80. The van der Waals surface area contributed by atoms with Crippen molar-refractivity contribution in [3.8, 4) is 5.75 Å². The number of carbonyl (C=O) groups is 2. The number of pyridine rings is 1. The maximum atomic E-state index is 12.7. The van der Waals surface area contributed by atoms with E-state index >= 15 is 0 Å². The van der Waals surface area contributed by atoms with Crippen molar-refractivity contribution in [2.45, 2.75) is 51.8 Å². The van der Waals surface area contributed by atoms with Crippen LogP contribution < -0.4 is 15.4 Å². The molecule has 0 bridgehead atoms. The molecular weight excluding hydrogens is 354 g/mol. The molecule has 6 heteroatoms. The van der Waals surface area contributed by atoms with E-state index in [1.54, 1.807) is 6.20 Å². The molecule has 0 saturated heterocycles. The van der Waals surface area contributed by atoms with Crippen LogP contribution >= 0.6 is 0 Å². The quantitative estimate of drug-likeness (QED) is 0.737. The largest absolute Gasteiger partial charge is 0.487 e. The Bertz CT molecular complexity index is 789. The molecule has 2 N–H and O–H groups in total. The Hall–Kier alpha value is -2.89. The maximum Gasteiger partial charge on any atom is 0.243 e. The van der Waals surface area contributed by atoms with Crippen LogP contribution in [0.4, 0.5) is 0 Å². The Labute approximate surface area is 165 Å². The van der Waals surface area contributed by atoms with Gasteiger partial charge in [-0.3, -0.25) is 14.6 Å². The highest BCUT2D eigenvalue weighted by Gasteiger charge is 2.31. The number of nitrogens with one attached hydrogen (secondary N) is 2. The van der Waals surface area contributed by atoms with Crippen LogP contribution in [0.2, 0.25) is 0 Å². The van der Waals surface area contributed by atoms with E-state index in [-0.39, 0.29) is 17.7 Å². The smallest absolute Gasteiger partial charge is 0.243 e. The predicted molar refractivity (Wildman–Crippen MR) is 106 cm³/mol. The van der Waals surface area contributed by atoms with Crippen LogP contribution in [0.5, 0.6) is 5.75 Å². The number of hydrogen-bond acceptors (Lipinski definition) is 4. The fourth-order valence-corrected chi connectivity index (χ4v) is 3.59. The fraction of sp³-hybridized carbons (Fsp3) is 0.409. The van der Waals surface area contributed by atoms with Crippen LogP contribution in [0, 0.1) is 5.92 Å². The topological polar surface area (TPSA) is 80.3 Å². The van der Waals surface area contributed by atoms with Crippen molar-refractivity contribution in [2.24, 2.45) is 5.92 Å². The van der Waals surface area contributed by atoms with Gasteiger partial charge in [0.05, 0.1) is 5.69 Å². The summed E-state index contributed by atoms with van der Waals surface area (Å²) in [6, 6.07) is 12.9. The molecule has 1 unspecified atom stereocenters. The van der Waals surface area contributed by atoms with Crippen LogP contribution in [0.25, 0.3) is 0 Å². The summed E-state index contributed by atoms with van der Waals surface area (Å²) < 4.78 is 5.79. The van der Waals surface area contributed by atoms with E-state index in [1.165, 1.54) is 6.92 Å². The molecule has 0 aliphatic heterocycles. The summed E-state index contributed by atoms with van der Waals surface area (Å²) in [4.78, 5) is 28.4. The van der Waals surface area contributed by atoms with Crippen molar-refractivity contribution in [3.05, 3.63) is 59.9 Å². The third-order valence-electron chi connectivity index (χ3n) is 4.99. The molecule has 1 aliphatic carbocycles. The van der Waals surface area contributed by atoms with Gasteiger partial charge in [0.1, 0.15) is 18.4 Å². The van der Waals surface area contributed by atoms with Crippen LogP contribution in [0.1, 0.15) is 43.9 Å². The van der Waals surface area contributed by atoms with Crippen molar-refractivity contribution < 1.29 is 14.3 Å². The first-order valence-electron chi connectivity index (χ1n) is 9.78. The average Bonchev–Trinajstić information content (AvgIpc) is 3.24. The summed E-state index contributed by atoms with van der Waals surface area (Å²) in [5.74, 6) is 0.655. The van der Waals surface area contributed by atoms with Crippen LogP contribution in [0.15, 0.2) is 48.7 Å². The molecule has 1 aromatic carbocycles. The standard InChI is InChI=1S/C22H27N3O3/c1-16(26)25-21(18-8-2-3-9-18)22(27)24-14-17-7-6-11-20(13-17)28-15-19-10-4-5-12-23-19/h4-7,10-13,18,21H,2-3,8-9,14-15H2,1H3,(H,24,27)(H,25,26). The molecule has 148 valence electrons. The van der Waals surface area contributed by atoms with Gasteiger partial charge < -0.3 is 15.4 Å². The molecule has 1 fully saturated rings. The summed E-state index contributed by atoms with van der Waals surface area (Å²) in [6.45, 7) is 2.24. The first kappa shape index (κ1) is 19.9. The van der Waals surface area contributed by atoms with Gasteiger partial charge in [-0.25, -0.2) is 0 Å². The molecule has 28 heavy (non-hydrogen) atoms. The second kappa shape index (κ2) is 9.88. The molecular formula is C22H27N3O3. The Morgan fingerprint density at radius 1 is 1.18 bits per heavy atom. The van der Waals surface area contributed by atoms with Crippen LogP contribution in [-0.2, 0) is 22.7 Å². The van der Waals surface area contributed by atoms with E-state index in [4.69, 9.17) is 4.74 Å². The Morgan fingerprint density at radius 2 is 2.00 bits per heavy atom. The number of benzene rings is 1. The van der Waals surface area contributed by atoms with Gasteiger partial charge in [-0.2, -0.15) is 0 Å². The Kier molecular flexibility index (Phi) is 7.00. The maximum absolute atomic E-state index is 12.7. The molecule has 0 radical (unpaired) electrons. The molecule has 0 spiro atoms. The highest BCUT2D eigenvalue weighted by molar-refractivity contribution is 5.87. The summed E-state index contributed by atoms with van der Waals surface area (Å²) in [6.07, 6.45) is 5.93. The number of amides is 2. The average molecular weight is 381 g/mol.